The van der Waals surface area contributed by atoms with Gasteiger partial charge < -0.3 is 4.79 Å². The molecule has 0 atom stereocenters. The normalized spacial score (nSPS) is 11.2. The van der Waals surface area contributed by atoms with Crippen molar-refractivity contribution in [2.75, 3.05) is 0 Å². The predicted molar refractivity (Wildman–Crippen MR) is 44.4 cm³/mol. The van der Waals surface area contributed by atoms with E-state index in [1.54, 1.807) is 0 Å². The molecule has 0 radical (unpaired) electrons. The summed E-state index contributed by atoms with van der Waals surface area (Å²) in [5, 5.41) is 0. The van der Waals surface area contributed by atoms with Crippen molar-refractivity contribution in [2.45, 2.75) is 40.0 Å². The standard InChI is InChI=1S/C9H16O2/c1-4-8(11)9(2,3)6-5-7-10/h7H,4-6H2,1-3H3. The molecule has 0 amide bonds. The molecule has 0 heterocycles. The van der Waals surface area contributed by atoms with E-state index in [-0.39, 0.29) is 11.2 Å². The molecule has 0 rings (SSSR count). The number of hydrogen-bond donors (Lipinski definition) is 0. The number of aldehydes is 1. The molecule has 0 bridgehead atoms. The monoisotopic (exact) mass is 156 g/mol. The van der Waals surface area contributed by atoms with Crippen molar-refractivity contribution in [3.63, 3.8) is 0 Å². The van der Waals surface area contributed by atoms with E-state index in [4.69, 9.17) is 0 Å². The lowest BCUT2D eigenvalue weighted by molar-refractivity contribution is -0.127. The average Bonchev–Trinajstić information content (AvgIpc) is 1.99. The lowest BCUT2D eigenvalue weighted by Gasteiger charge is -2.20. The van der Waals surface area contributed by atoms with Crippen LogP contribution in [-0.4, -0.2) is 12.1 Å². The second kappa shape index (κ2) is 4.27. The van der Waals surface area contributed by atoms with E-state index in [0.717, 1.165) is 6.29 Å². The zero-order valence-electron chi connectivity index (χ0n) is 7.52. The van der Waals surface area contributed by atoms with Crippen molar-refractivity contribution in [2.24, 2.45) is 5.41 Å². The first-order chi connectivity index (χ1) is 5.04. The minimum Gasteiger partial charge on any atom is -0.303 e. The third-order valence-corrected chi connectivity index (χ3v) is 1.96. The maximum Gasteiger partial charge on any atom is 0.138 e. The number of carbonyl (C=O) groups excluding carboxylic acids is 2. The average molecular weight is 156 g/mol. The summed E-state index contributed by atoms with van der Waals surface area (Å²) in [6.45, 7) is 5.63. The van der Waals surface area contributed by atoms with Crippen LogP contribution in [-0.2, 0) is 9.59 Å². The van der Waals surface area contributed by atoms with Crippen molar-refractivity contribution >= 4 is 12.1 Å². The summed E-state index contributed by atoms with van der Waals surface area (Å²) in [6, 6.07) is 0. The Morgan fingerprint density at radius 2 is 2.00 bits per heavy atom. The Balaban J connectivity index is 3.97. The second-order valence-corrected chi connectivity index (χ2v) is 3.37. The minimum absolute atomic E-state index is 0.236. The van der Waals surface area contributed by atoms with Crippen LogP contribution >= 0.6 is 0 Å². The SMILES string of the molecule is CCC(=O)C(C)(C)CCC=O. The van der Waals surface area contributed by atoms with Crippen molar-refractivity contribution in [1.29, 1.82) is 0 Å². The van der Waals surface area contributed by atoms with Crippen molar-refractivity contribution in [3.8, 4) is 0 Å². The van der Waals surface area contributed by atoms with Crippen molar-refractivity contribution in [1.82, 2.24) is 0 Å². The summed E-state index contributed by atoms with van der Waals surface area (Å²) in [7, 11) is 0. The van der Waals surface area contributed by atoms with Crippen LogP contribution < -0.4 is 0 Å². The van der Waals surface area contributed by atoms with E-state index in [9.17, 15) is 9.59 Å². The van der Waals surface area contributed by atoms with Crippen LogP contribution in [0.25, 0.3) is 0 Å². The van der Waals surface area contributed by atoms with Gasteiger partial charge in [-0.15, -0.1) is 0 Å². The van der Waals surface area contributed by atoms with E-state index < -0.39 is 0 Å². The summed E-state index contributed by atoms with van der Waals surface area (Å²) in [5.74, 6) is 0.236. The Kier molecular flexibility index (Phi) is 4.01. The third kappa shape index (κ3) is 3.30. The number of rotatable bonds is 5. The number of carbonyl (C=O) groups is 2. The van der Waals surface area contributed by atoms with Gasteiger partial charge >= 0.3 is 0 Å². The molecule has 0 unspecified atom stereocenters. The summed E-state index contributed by atoms with van der Waals surface area (Å²) in [6.07, 6.45) is 2.58. The molecule has 0 N–H and O–H groups in total. The highest BCUT2D eigenvalue weighted by molar-refractivity contribution is 5.83. The van der Waals surface area contributed by atoms with E-state index in [2.05, 4.69) is 0 Å². The van der Waals surface area contributed by atoms with Gasteiger partial charge in [0.05, 0.1) is 0 Å². The van der Waals surface area contributed by atoms with Crippen LogP contribution in [0.15, 0.2) is 0 Å². The third-order valence-electron chi connectivity index (χ3n) is 1.96. The molecule has 0 aromatic carbocycles. The van der Waals surface area contributed by atoms with Gasteiger partial charge in [-0.25, -0.2) is 0 Å². The molecule has 0 aliphatic carbocycles. The molecular weight excluding hydrogens is 140 g/mol. The molecule has 0 aliphatic rings. The summed E-state index contributed by atoms with van der Waals surface area (Å²) >= 11 is 0. The highest BCUT2D eigenvalue weighted by Crippen LogP contribution is 2.24. The van der Waals surface area contributed by atoms with Gasteiger partial charge in [0.1, 0.15) is 12.1 Å². The van der Waals surface area contributed by atoms with Crippen LogP contribution in [0.4, 0.5) is 0 Å². The lowest BCUT2D eigenvalue weighted by atomic mass is 9.82. The van der Waals surface area contributed by atoms with Gasteiger partial charge in [-0.2, -0.15) is 0 Å². The largest absolute Gasteiger partial charge is 0.303 e. The van der Waals surface area contributed by atoms with E-state index >= 15 is 0 Å². The Morgan fingerprint density at radius 1 is 1.45 bits per heavy atom. The lowest BCUT2D eigenvalue weighted by Crippen LogP contribution is -2.23. The number of ketones is 1. The van der Waals surface area contributed by atoms with E-state index in [0.29, 0.717) is 19.3 Å². The smallest absolute Gasteiger partial charge is 0.138 e. The molecule has 0 fully saturated rings. The van der Waals surface area contributed by atoms with Crippen LogP contribution in [0.2, 0.25) is 0 Å². The molecule has 0 aromatic rings. The quantitative estimate of drug-likeness (QED) is 0.570. The molecule has 0 aromatic heterocycles. The van der Waals surface area contributed by atoms with Crippen molar-refractivity contribution in [3.05, 3.63) is 0 Å². The zero-order valence-corrected chi connectivity index (χ0v) is 7.52. The molecule has 0 spiro atoms. The van der Waals surface area contributed by atoms with Gasteiger partial charge in [0, 0.05) is 18.3 Å². The molecule has 0 saturated heterocycles. The zero-order chi connectivity index (χ0) is 8.91. The minimum atomic E-state index is -0.310. The van der Waals surface area contributed by atoms with E-state index in [1.165, 1.54) is 0 Å². The molecular formula is C9H16O2. The summed E-state index contributed by atoms with van der Waals surface area (Å²) in [4.78, 5) is 21.3. The fraction of sp³-hybridized carbons (Fsp3) is 0.778. The highest BCUT2D eigenvalue weighted by Gasteiger charge is 2.24. The highest BCUT2D eigenvalue weighted by atomic mass is 16.1. The fourth-order valence-corrected chi connectivity index (χ4v) is 1.04. The first kappa shape index (κ1) is 10.3. The summed E-state index contributed by atoms with van der Waals surface area (Å²) in [5.41, 5.74) is -0.310. The van der Waals surface area contributed by atoms with Gasteiger partial charge in [0.2, 0.25) is 0 Å². The predicted octanol–water partition coefficient (Wildman–Crippen LogP) is 1.97. The Bertz CT molecular complexity index is 148. The first-order valence-electron chi connectivity index (χ1n) is 4.01. The topological polar surface area (TPSA) is 34.1 Å². The molecule has 64 valence electrons. The van der Waals surface area contributed by atoms with Crippen molar-refractivity contribution < 1.29 is 9.59 Å². The molecule has 0 aliphatic heterocycles. The van der Waals surface area contributed by atoms with E-state index in [1.807, 2.05) is 20.8 Å². The Hall–Kier alpha value is -0.660. The molecule has 11 heavy (non-hydrogen) atoms. The van der Waals surface area contributed by atoms with Gasteiger partial charge in [0.25, 0.3) is 0 Å². The Morgan fingerprint density at radius 3 is 2.36 bits per heavy atom. The maximum absolute atomic E-state index is 11.2. The van der Waals surface area contributed by atoms with Gasteiger partial charge in [-0.05, 0) is 6.42 Å². The van der Waals surface area contributed by atoms with Crippen LogP contribution in [0.3, 0.4) is 0 Å². The molecule has 2 heteroatoms. The first-order valence-corrected chi connectivity index (χ1v) is 4.01. The van der Waals surface area contributed by atoms with Crippen LogP contribution in [0.1, 0.15) is 40.0 Å². The second-order valence-electron chi connectivity index (χ2n) is 3.37. The van der Waals surface area contributed by atoms with Crippen LogP contribution in [0.5, 0.6) is 0 Å². The van der Waals surface area contributed by atoms with Gasteiger partial charge in [-0.1, -0.05) is 20.8 Å². The summed E-state index contributed by atoms with van der Waals surface area (Å²) < 4.78 is 0. The Labute approximate surface area is 68.0 Å². The maximum atomic E-state index is 11.2. The van der Waals surface area contributed by atoms with Gasteiger partial charge in [0.15, 0.2) is 0 Å². The van der Waals surface area contributed by atoms with Gasteiger partial charge in [-0.3, -0.25) is 4.79 Å². The fourth-order valence-electron chi connectivity index (χ4n) is 1.04. The molecule has 2 nitrogen and oxygen atoms in total. The molecule has 0 saturated carbocycles. The number of Topliss-reactive ketones (excluding diaryl/α,β-unsaturated/α-hetero) is 1. The number of hydrogen-bond acceptors (Lipinski definition) is 2. The van der Waals surface area contributed by atoms with Crippen LogP contribution in [0, 0.1) is 5.41 Å².